The van der Waals surface area contributed by atoms with Crippen LogP contribution in [0.4, 0.5) is 0 Å². The average molecular weight is 336 g/mol. The summed E-state index contributed by atoms with van der Waals surface area (Å²) in [5.41, 5.74) is 3.06. The Morgan fingerprint density at radius 1 is 1.26 bits per heavy atom. The molecule has 2 aliphatic rings. The molecular formula is C18H29N3OS. The highest BCUT2D eigenvalue weighted by atomic mass is 32.1. The molecule has 2 fully saturated rings. The van der Waals surface area contributed by atoms with Gasteiger partial charge in [0.05, 0.1) is 11.2 Å². The zero-order valence-corrected chi connectivity index (χ0v) is 15.1. The molecule has 0 spiro atoms. The highest BCUT2D eigenvalue weighted by Gasteiger charge is 2.25. The van der Waals surface area contributed by atoms with Crippen molar-refractivity contribution in [3.63, 3.8) is 0 Å². The van der Waals surface area contributed by atoms with Crippen LogP contribution in [0.1, 0.15) is 51.1 Å². The fourth-order valence-electron chi connectivity index (χ4n) is 4.04. The van der Waals surface area contributed by atoms with E-state index in [1.54, 1.807) is 11.3 Å². The number of aromatic nitrogens is 1. The molecule has 0 aromatic carbocycles. The number of carbonyl (C=O) groups is 1. The van der Waals surface area contributed by atoms with Crippen LogP contribution < -0.4 is 0 Å². The largest absolute Gasteiger partial charge is 0.341 e. The molecule has 0 unspecified atom stereocenters. The Morgan fingerprint density at radius 2 is 2.17 bits per heavy atom. The molecule has 5 heteroatoms. The standard InChI is InChI=1S/C18H29N3OS/c1-15-4-2-5-16(10-15)11-18(22)21-7-3-6-20(8-9-21)12-17-13-23-14-19-17/h13-16H,2-12H2,1H3/t15-,16-/m0/s1. The monoisotopic (exact) mass is 335 g/mol. The maximum atomic E-state index is 12.6. The number of carbonyl (C=O) groups excluding carboxylic acids is 1. The van der Waals surface area contributed by atoms with E-state index in [2.05, 4.69) is 27.1 Å². The van der Waals surface area contributed by atoms with Crippen molar-refractivity contribution in [2.45, 2.75) is 52.0 Å². The quantitative estimate of drug-likeness (QED) is 0.846. The zero-order chi connectivity index (χ0) is 16.1. The third-order valence-electron chi connectivity index (χ3n) is 5.32. The van der Waals surface area contributed by atoms with E-state index < -0.39 is 0 Å². The summed E-state index contributed by atoms with van der Waals surface area (Å²) in [7, 11) is 0. The highest BCUT2D eigenvalue weighted by molar-refractivity contribution is 7.07. The Balaban J connectivity index is 1.46. The van der Waals surface area contributed by atoms with Crippen molar-refractivity contribution >= 4 is 17.2 Å². The topological polar surface area (TPSA) is 36.4 Å². The van der Waals surface area contributed by atoms with Crippen molar-refractivity contribution in [1.82, 2.24) is 14.8 Å². The lowest BCUT2D eigenvalue weighted by atomic mass is 9.80. The molecule has 1 saturated carbocycles. The van der Waals surface area contributed by atoms with Crippen LogP contribution in [0.5, 0.6) is 0 Å². The van der Waals surface area contributed by atoms with Gasteiger partial charge in [0, 0.05) is 44.5 Å². The van der Waals surface area contributed by atoms with Crippen molar-refractivity contribution in [3.8, 4) is 0 Å². The second kappa shape index (κ2) is 8.25. The Labute approximate surface area is 143 Å². The molecule has 1 aliphatic heterocycles. The summed E-state index contributed by atoms with van der Waals surface area (Å²) >= 11 is 1.66. The molecule has 3 rings (SSSR count). The van der Waals surface area contributed by atoms with Crippen LogP contribution in [0.25, 0.3) is 0 Å². The number of hydrogen-bond donors (Lipinski definition) is 0. The Bertz CT molecular complexity index is 490. The maximum Gasteiger partial charge on any atom is 0.222 e. The fraction of sp³-hybridized carbons (Fsp3) is 0.778. The molecule has 1 amide bonds. The molecule has 1 aromatic rings. The first kappa shape index (κ1) is 16.9. The van der Waals surface area contributed by atoms with Gasteiger partial charge in [-0.3, -0.25) is 9.69 Å². The average Bonchev–Trinajstić information content (AvgIpc) is 2.91. The van der Waals surface area contributed by atoms with Crippen LogP contribution in [0, 0.1) is 11.8 Å². The molecule has 2 heterocycles. The summed E-state index contributed by atoms with van der Waals surface area (Å²) in [4.78, 5) is 21.6. The summed E-state index contributed by atoms with van der Waals surface area (Å²) in [6, 6.07) is 0. The fourth-order valence-corrected chi connectivity index (χ4v) is 4.59. The van der Waals surface area contributed by atoms with Crippen LogP contribution in [-0.2, 0) is 11.3 Å². The lowest BCUT2D eigenvalue weighted by Gasteiger charge is -2.29. The minimum atomic E-state index is 0.389. The summed E-state index contributed by atoms with van der Waals surface area (Å²) < 4.78 is 0. The first-order valence-corrected chi connectivity index (χ1v) is 10.0. The summed E-state index contributed by atoms with van der Waals surface area (Å²) in [6.07, 6.45) is 7.00. The van der Waals surface area contributed by atoms with Gasteiger partial charge in [0.1, 0.15) is 0 Å². The van der Waals surface area contributed by atoms with E-state index in [0.29, 0.717) is 11.8 Å². The lowest BCUT2D eigenvalue weighted by Crippen LogP contribution is -2.36. The molecule has 2 atom stereocenters. The Hall–Kier alpha value is -0.940. The third kappa shape index (κ3) is 5.01. The van der Waals surface area contributed by atoms with Gasteiger partial charge in [0.2, 0.25) is 5.91 Å². The molecule has 1 aliphatic carbocycles. The first-order chi connectivity index (χ1) is 11.2. The minimum absolute atomic E-state index is 0.389. The minimum Gasteiger partial charge on any atom is -0.341 e. The molecule has 128 valence electrons. The van der Waals surface area contributed by atoms with Crippen molar-refractivity contribution in [2.75, 3.05) is 26.2 Å². The van der Waals surface area contributed by atoms with E-state index in [0.717, 1.165) is 57.2 Å². The summed E-state index contributed by atoms with van der Waals surface area (Å²) in [6.45, 7) is 7.11. The maximum absolute atomic E-state index is 12.6. The second-order valence-corrected chi connectivity index (χ2v) is 8.05. The number of nitrogens with zero attached hydrogens (tertiary/aromatic N) is 3. The van der Waals surface area contributed by atoms with Gasteiger partial charge >= 0.3 is 0 Å². The van der Waals surface area contributed by atoms with E-state index in [4.69, 9.17) is 0 Å². The molecular weight excluding hydrogens is 306 g/mol. The predicted molar refractivity (Wildman–Crippen MR) is 94.3 cm³/mol. The second-order valence-electron chi connectivity index (χ2n) is 7.33. The number of amides is 1. The summed E-state index contributed by atoms with van der Waals surface area (Å²) in [5, 5.41) is 2.12. The Kier molecular flexibility index (Phi) is 6.06. The molecule has 1 aromatic heterocycles. The van der Waals surface area contributed by atoms with E-state index in [1.165, 1.54) is 25.7 Å². The smallest absolute Gasteiger partial charge is 0.222 e. The van der Waals surface area contributed by atoms with Gasteiger partial charge in [-0.25, -0.2) is 4.98 Å². The van der Waals surface area contributed by atoms with Gasteiger partial charge in [0.25, 0.3) is 0 Å². The lowest BCUT2D eigenvalue weighted by molar-refractivity contribution is -0.132. The van der Waals surface area contributed by atoms with Crippen LogP contribution in [0.15, 0.2) is 10.9 Å². The molecule has 0 bridgehead atoms. The first-order valence-electron chi connectivity index (χ1n) is 9.08. The highest BCUT2D eigenvalue weighted by Crippen LogP contribution is 2.31. The van der Waals surface area contributed by atoms with Crippen LogP contribution in [0.2, 0.25) is 0 Å². The number of rotatable bonds is 4. The van der Waals surface area contributed by atoms with Crippen molar-refractivity contribution < 1.29 is 4.79 Å². The van der Waals surface area contributed by atoms with Crippen molar-refractivity contribution in [1.29, 1.82) is 0 Å². The molecule has 0 radical (unpaired) electrons. The third-order valence-corrected chi connectivity index (χ3v) is 5.95. The molecule has 1 saturated heterocycles. The van der Waals surface area contributed by atoms with E-state index >= 15 is 0 Å². The van der Waals surface area contributed by atoms with E-state index in [1.807, 2.05) is 5.51 Å². The van der Waals surface area contributed by atoms with E-state index in [9.17, 15) is 4.79 Å². The number of hydrogen-bond acceptors (Lipinski definition) is 4. The van der Waals surface area contributed by atoms with E-state index in [-0.39, 0.29) is 0 Å². The SMILES string of the molecule is C[C@H]1CCC[C@H](CC(=O)N2CCCN(Cc3cscn3)CC2)C1. The van der Waals surface area contributed by atoms with Gasteiger partial charge in [-0.2, -0.15) is 0 Å². The van der Waals surface area contributed by atoms with Gasteiger partial charge in [0.15, 0.2) is 0 Å². The number of thiazole rings is 1. The predicted octanol–water partition coefficient (Wildman–Crippen LogP) is 3.39. The van der Waals surface area contributed by atoms with Gasteiger partial charge in [-0.1, -0.05) is 19.8 Å². The van der Waals surface area contributed by atoms with Gasteiger partial charge in [-0.05, 0) is 31.1 Å². The van der Waals surface area contributed by atoms with Gasteiger partial charge in [-0.15, -0.1) is 11.3 Å². The molecule has 0 N–H and O–H groups in total. The van der Waals surface area contributed by atoms with Crippen molar-refractivity contribution in [2.24, 2.45) is 11.8 Å². The molecule has 4 nitrogen and oxygen atoms in total. The van der Waals surface area contributed by atoms with Gasteiger partial charge < -0.3 is 4.90 Å². The molecule has 23 heavy (non-hydrogen) atoms. The van der Waals surface area contributed by atoms with Crippen LogP contribution in [-0.4, -0.2) is 46.9 Å². The van der Waals surface area contributed by atoms with Crippen LogP contribution in [0.3, 0.4) is 0 Å². The Morgan fingerprint density at radius 3 is 2.96 bits per heavy atom. The van der Waals surface area contributed by atoms with Crippen LogP contribution >= 0.6 is 11.3 Å². The zero-order valence-electron chi connectivity index (χ0n) is 14.2. The van der Waals surface area contributed by atoms with Crippen molar-refractivity contribution in [3.05, 3.63) is 16.6 Å². The normalized spacial score (nSPS) is 26.9. The summed E-state index contributed by atoms with van der Waals surface area (Å²) in [5.74, 6) is 1.82.